The predicted molar refractivity (Wildman–Crippen MR) is 95.3 cm³/mol. The molecule has 0 radical (unpaired) electrons. The highest BCUT2D eigenvalue weighted by atomic mass is 35.5. The van der Waals surface area contributed by atoms with Crippen LogP contribution < -0.4 is 10.0 Å². The molecule has 0 spiro atoms. The Labute approximate surface area is 152 Å². The van der Waals surface area contributed by atoms with E-state index in [1.807, 2.05) is 13.8 Å². The minimum atomic E-state index is -3.83. The van der Waals surface area contributed by atoms with Gasteiger partial charge in [-0.2, -0.15) is 0 Å². The number of methoxy groups -OCH3 is 1. The Hall–Kier alpha value is -0.860. The molecule has 0 aliphatic carbocycles. The first-order chi connectivity index (χ1) is 11.2. The van der Waals surface area contributed by atoms with E-state index in [9.17, 15) is 13.2 Å². The van der Waals surface area contributed by atoms with Gasteiger partial charge in [0, 0.05) is 26.8 Å². The Morgan fingerprint density at radius 3 is 2.50 bits per heavy atom. The Morgan fingerprint density at radius 1 is 1.25 bits per heavy atom. The largest absolute Gasteiger partial charge is 0.385 e. The average molecular weight is 397 g/mol. The van der Waals surface area contributed by atoms with Crippen LogP contribution in [0.25, 0.3) is 0 Å². The maximum absolute atomic E-state index is 12.4. The summed E-state index contributed by atoms with van der Waals surface area (Å²) in [6.07, 6.45) is 0.633. The molecule has 0 aliphatic rings. The summed E-state index contributed by atoms with van der Waals surface area (Å²) in [5, 5.41) is 2.72. The van der Waals surface area contributed by atoms with Gasteiger partial charge in [0.15, 0.2) is 0 Å². The van der Waals surface area contributed by atoms with Crippen LogP contribution in [0.3, 0.4) is 0 Å². The third kappa shape index (κ3) is 6.22. The van der Waals surface area contributed by atoms with Gasteiger partial charge in [0.05, 0.1) is 15.6 Å². The van der Waals surface area contributed by atoms with Crippen LogP contribution >= 0.6 is 23.2 Å². The van der Waals surface area contributed by atoms with Crippen LogP contribution in [0.1, 0.15) is 30.6 Å². The van der Waals surface area contributed by atoms with Crippen LogP contribution in [0.5, 0.6) is 0 Å². The Balaban J connectivity index is 3.02. The van der Waals surface area contributed by atoms with Crippen molar-refractivity contribution in [2.24, 2.45) is 5.92 Å². The lowest BCUT2D eigenvalue weighted by molar-refractivity contribution is 0.0948. The molecule has 1 amide bonds. The van der Waals surface area contributed by atoms with E-state index < -0.39 is 15.9 Å². The molecule has 0 fully saturated rings. The maximum Gasteiger partial charge on any atom is 0.252 e. The summed E-state index contributed by atoms with van der Waals surface area (Å²) in [6.45, 7) is 4.92. The normalized spacial score (nSPS) is 11.8. The predicted octanol–water partition coefficient (Wildman–Crippen LogP) is 2.69. The second-order valence-corrected chi connectivity index (χ2v) is 8.16. The molecule has 0 heterocycles. The lowest BCUT2D eigenvalue weighted by atomic mass is 10.2. The number of ether oxygens (including phenoxy) is 1. The fourth-order valence-electron chi connectivity index (χ4n) is 1.78. The Kier molecular flexibility index (Phi) is 8.45. The third-order valence-corrected chi connectivity index (χ3v) is 5.25. The van der Waals surface area contributed by atoms with E-state index in [4.69, 9.17) is 27.9 Å². The van der Waals surface area contributed by atoms with Gasteiger partial charge in [0.1, 0.15) is 4.90 Å². The van der Waals surface area contributed by atoms with Gasteiger partial charge in [-0.1, -0.05) is 37.0 Å². The molecule has 1 aromatic rings. The second-order valence-electron chi connectivity index (χ2n) is 5.61. The fourth-order valence-corrected chi connectivity index (χ4v) is 3.85. The molecule has 6 nitrogen and oxygen atoms in total. The topological polar surface area (TPSA) is 84.5 Å². The van der Waals surface area contributed by atoms with E-state index in [1.165, 1.54) is 12.1 Å². The first kappa shape index (κ1) is 21.2. The zero-order valence-electron chi connectivity index (χ0n) is 13.9. The fraction of sp³-hybridized carbons (Fsp3) is 0.533. The molecule has 1 aromatic carbocycles. The number of nitrogens with one attached hydrogen (secondary N) is 2. The highest BCUT2D eigenvalue weighted by Gasteiger charge is 2.22. The molecule has 136 valence electrons. The molecule has 2 N–H and O–H groups in total. The van der Waals surface area contributed by atoms with E-state index in [0.717, 1.165) is 0 Å². The summed E-state index contributed by atoms with van der Waals surface area (Å²) in [4.78, 5) is 12.0. The van der Waals surface area contributed by atoms with E-state index in [2.05, 4.69) is 10.0 Å². The SMILES string of the molecule is COCCCNC(=O)c1cc(S(=O)(=O)NCC(C)C)c(Cl)cc1Cl. The van der Waals surface area contributed by atoms with E-state index in [0.29, 0.717) is 19.6 Å². The standard InChI is InChI=1S/C15H22Cl2N2O4S/c1-10(2)9-19-24(21,22)14-7-11(12(16)8-13(14)17)15(20)18-5-4-6-23-3/h7-8,10,19H,4-6,9H2,1-3H3,(H,18,20). The molecule has 0 unspecified atom stereocenters. The average Bonchev–Trinajstić information content (AvgIpc) is 2.49. The maximum atomic E-state index is 12.4. The van der Waals surface area contributed by atoms with E-state index in [1.54, 1.807) is 7.11 Å². The van der Waals surface area contributed by atoms with Gasteiger partial charge >= 0.3 is 0 Å². The minimum Gasteiger partial charge on any atom is -0.385 e. The van der Waals surface area contributed by atoms with Crippen LogP contribution in [-0.2, 0) is 14.8 Å². The van der Waals surface area contributed by atoms with Gasteiger partial charge in [0.25, 0.3) is 5.91 Å². The monoisotopic (exact) mass is 396 g/mol. The van der Waals surface area contributed by atoms with Crippen LogP contribution in [0.4, 0.5) is 0 Å². The molecule has 0 bridgehead atoms. The van der Waals surface area contributed by atoms with Crippen LogP contribution in [-0.4, -0.2) is 41.1 Å². The zero-order chi connectivity index (χ0) is 18.3. The number of rotatable bonds is 9. The molecule has 0 saturated heterocycles. The lowest BCUT2D eigenvalue weighted by Crippen LogP contribution is -2.29. The first-order valence-electron chi connectivity index (χ1n) is 7.45. The van der Waals surface area contributed by atoms with Gasteiger partial charge in [-0.25, -0.2) is 13.1 Å². The molecule has 0 saturated carbocycles. The summed E-state index contributed by atoms with van der Waals surface area (Å²) in [6, 6.07) is 2.45. The molecular formula is C15H22Cl2N2O4S. The highest BCUT2D eigenvalue weighted by molar-refractivity contribution is 7.89. The van der Waals surface area contributed by atoms with Crippen molar-refractivity contribution in [3.05, 3.63) is 27.7 Å². The summed E-state index contributed by atoms with van der Waals surface area (Å²) in [5.74, 6) is -0.331. The van der Waals surface area contributed by atoms with Gasteiger partial charge < -0.3 is 10.1 Å². The molecule has 24 heavy (non-hydrogen) atoms. The van der Waals surface area contributed by atoms with E-state index >= 15 is 0 Å². The summed E-state index contributed by atoms with van der Waals surface area (Å²) >= 11 is 12.0. The summed E-state index contributed by atoms with van der Waals surface area (Å²) in [5.41, 5.74) is 0.0587. The van der Waals surface area contributed by atoms with Crippen molar-refractivity contribution in [1.29, 1.82) is 0 Å². The van der Waals surface area contributed by atoms with Crippen LogP contribution in [0.15, 0.2) is 17.0 Å². The van der Waals surface area contributed by atoms with E-state index in [-0.39, 0.29) is 33.0 Å². The smallest absolute Gasteiger partial charge is 0.252 e. The van der Waals surface area contributed by atoms with Crippen molar-refractivity contribution in [2.75, 3.05) is 26.8 Å². The van der Waals surface area contributed by atoms with Crippen LogP contribution in [0, 0.1) is 5.92 Å². The number of amides is 1. The molecule has 0 aliphatic heterocycles. The number of carbonyl (C=O) groups excluding carboxylic acids is 1. The number of hydrogen-bond acceptors (Lipinski definition) is 4. The van der Waals surface area contributed by atoms with Gasteiger partial charge in [-0.15, -0.1) is 0 Å². The van der Waals surface area contributed by atoms with Crippen molar-refractivity contribution in [1.82, 2.24) is 10.0 Å². The van der Waals surface area contributed by atoms with Gasteiger partial charge in [0.2, 0.25) is 10.0 Å². The molecule has 0 atom stereocenters. The second kappa shape index (κ2) is 9.58. The minimum absolute atomic E-state index is 0.0350. The molecule has 1 rings (SSSR count). The van der Waals surface area contributed by atoms with Gasteiger partial charge in [-0.05, 0) is 24.5 Å². The number of carbonyl (C=O) groups is 1. The third-order valence-electron chi connectivity index (χ3n) is 3.05. The number of halogens is 2. The highest BCUT2D eigenvalue weighted by Crippen LogP contribution is 2.28. The van der Waals surface area contributed by atoms with Crippen molar-refractivity contribution >= 4 is 39.1 Å². The quantitative estimate of drug-likeness (QED) is 0.628. The number of hydrogen-bond donors (Lipinski definition) is 2. The number of benzene rings is 1. The Morgan fingerprint density at radius 2 is 1.92 bits per heavy atom. The van der Waals surface area contributed by atoms with Crippen molar-refractivity contribution < 1.29 is 17.9 Å². The Bertz CT molecular complexity index is 678. The molecule has 0 aromatic heterocycles. The van der Waals surface area contributed by atoms with Crippen molar-refractivity contribution in [3.8, 4) is 0 Å². The van der Waals surface area contributed by atoms with Crippen molar-refractivity contribution in [3.63, 3.8) is 0 Å². The van der Waals surface area contributed by atoms with Gasteiger partial charge in [-0.3, -0.25) is 4.79 Å². The first-order valence-corrected chi connectivity index (χ1v) is 9.68. The summed E-state index contributed by atoms with van der Waals surface area (Å²) < 4.78 is 32.1. The van der Waals surface area contributed by atoms with Crippen molar-refractivity contribution in [2.45, 2.75) is 25.2 Å². The summed E-state index contributed by atoms with van der Waals surface area (Å²) in [7, 11) is -2.26. The molecular weight excluding hydrogens is 375 g/mol. The zero-order valence-corrected chi connectivity index (χ0v) is 16.2. The molecule has 9 heteroatoms. The number of sulfonamides is 1. The lowest BCUT2D eigenvalue weighted by Gasteiger charge is -2.13. The van der Waals surface area contributed by atoms with Crippen LogP contribution in [0.2, 0.25) is 10.0 Å².